The van der Waals surface area contributed by atoms with Crippen molar-refractivity contribution in [1.82, 2.24) is 10.3 Å². The minimum Gasteiger partial charge on any atom is -0.374 e. The van der Waals surface area contributed by atoms with Crippen LogP contribution in [0.2, 0.25) is 0 Å². The van der Waals surface area contributed by atoms with E-state index in [4.69, 9.17) is 0 Å². The van der Waals surface area contributed by atoms with Crippen LogP contribution in [0.4, 0.5) is 10.1 Å². The van der Waals surface area contributed by atoms with Crippen LogP contribution in [0.25, 0.3) is 16.7 Å². The monoisotopic (exact) mass is 455 g/mol. The Morgan fingerprint density at radius 1 is 1.09 bits per heavy atom. The number of carbonyl (C=O) groups excluding carboxylic acids is 1. The molecule has 0 spiro atoms. The van der Waals surface area contributed by atoms with Gasteiger partial charge in [-0.3, -0.25) is 9.78 Å². The van der Waals surface area contributed by atoms with E-state index in [1.165, 1.54) is 6.07 Å². The van der Waals surface area contributed by atoms with Crippen LogP contribution in [0.5, 0.6) is 0 Å². The zero-order valence-electron chi connectivity index (χ0n) is 19.6. The summed E-state index contributed by atoms with van der Waals surface area (Å²) in [6.07, 6.45) is 10.6. The van der Waals surface area contributed by atoms with Gasteiger partial charge in [0.2, 0.25) is 5.91 Å². The summed E-state index contributed by atoms with van der Waals surface area (Å²) in [5, 5.41) is 5.71. The van der Waals surface area contributed by atoms with Crippen LogP contribution < -0.4 is 10.6 Å². The quantitative estimate of drug-likeness (QED) is 0.272. The number of hydrogen-bond donors (Lipinski definition) is 2. The second-order valence-electron chi connectivity index (χ2n) is 8.04. The third-order valence-electron chi connectivity index (χ3n) is 5.29. The van der Waals surface area contributed by atoms with Gasteiger partial charge in [0.15, 0.2) is 0 Å². The minimum absolute atomic E-state index is 0.00783. The highest BCUT2D eigenvalue weighted by Gasteiger charge is 2.06. The van der Waals surface area contributed by atoms with Crippen LogP contribution in [0.3, 0.4) is 0 Å². The molecule has 0 saturated heterocycles. The molecule has 34 heavy (non-hydrogen) atoms. The SMILES string of the molecule is C=CCC=CC=C(C)c1cc(-c2ccc(CNC(=O)CNc3cc(C)ccc3F)cc2)ccn1. The Morgan fingerprint density at radius 3 is 2.65 bits per heavy atom. The molecule has 3 rings (SSSR count). The molecular weight excluding hydrogens is 425 g/mol. The molecular formula is C29H30FN3O. The van der Waals surface area contributed by atoms with Gasteiger partial charge in [-0.1, -0.05) is 54.6 Å². The van der Waals surface area contributed by atoms with Gasteiger partial charge in [-0.15, -0.1) is 6.58 Å². The van der Waals surface area contributed by atoms with E-state index >= 15 is 0 Å². The number of nitrogens with one attached hydrogen (secondary N) is 2. The molecule has 0 saturated carbocycles. The maximum atomic E-state index is 13.8. The van der Waals surface area contributed by atoms with Gasteiger partial charge < -0.3 is 10.6 Å². The van der Waals surface area contributed by atoms with Crippen molar-refractivity contribution in [2.75, 3.05) is 11.9 Å². The zero-order valence-corrected chi connectivity index (χ0v) is 19.6. The predicted molar refractivity (Wildman–Crippen MR) is 139 cm³/mol. The molecule has 0 aliphatic carbocycles. The first kappa shape index (κ1) is 24.6. The van der Waals surface area contributed by atoms with E-state index < -0.39 is 0 Å². The van der Waals surface area contributed by atoms with Gasteiger partial charge in [0.1, 0.15) is 5.82 Å². The Kier molecular flexibility index (Phi) is 8.92. The second-order valence-corrected chi connectivity index (χ2v) is 8.04. The van der Waals surface area contributed by atoms with Crippen molar-refractivity contribution in [3.63, 3.8) is 0 Å². The van der Waals surface area contributed by atoms with Crippen LogP contribution >= 0.6 is 0 Å². The van der Waals surface area contributed by atoms with E-state index in [1.807, 2.05) is 68.6 Å². The second kappa shape index (κ2) is 12.3. The smallest absolute Gasteiger partial charge is 0.239 e. The Labute approximate surface area is 201 Å². The average Bonchev–Trinajstić information content (AvgIpc) is 2.86. The predicted octanol–water partition coefficient (Wildman–Crippen LogP) is 6.46. The van der Waals surface area contributed by atoms with E-state index in [-0.39, 0.29) is 18.3 Å². The zero-order chi connectivity index (χ0) is 24.3. The lowest BCUT2D eigenvalue weighted by atomic mass is 10.0. The number of hydrogen-bond acceptors (Lipinski definition) is 3. The van der Waals surface area contributed by atoms with Crippen LogP contribution in [0.15, 0.2) is 91.7 Å². The molecule has 1 amide bonds. The lowest BCUT2D eigenvalue weighted by molar-refractivity contribution is -0.119. The van der Waals surface area contributed by atoms with Gasteiger partial charge in [0, 0.05) is 12.7 Å². The number of anilines is 1. The molecule has 0 bridgehead atoms. The summed E-state index contributed by atoms with van der Waals surface area (Å²) in [5.74, 6) is -0.573. The fourth-order valence-corrected chi connectivity index (χ4v) is 3.33. The van der Waals surface area contributed by atoms with Crippen molar-refractivity contribution < 1.29 is 9.18 Å². The molecule has 5 heteroatoms. The van der Waals surface area contributed by atoms with Gasteiger partial charge in [-0.25, -0.2) is 4.39 Å². The Bertz CT molecular complexity index is 1200. The maximum Gasteiger partial charge on any atom is 0.239 e. The average molecular weight is 456 g/mol. The van der Waals surface area contributed by atoms with E-state index in [0.29, 0.717) is 12.2 Å². The number of amides is 1. The number of aromatic nitrogens is 1. The van der Waals surface area contributed by atoms with Gasteiger partial charge in [0.25, 0.3) is 0 Å². The molecule has 0 unspecified atom stereocenters. The van der Waals surface area contributed by atoms with Gasteiger partial charge >= 0.3 is 0 Å². The fourth-order valence-electron chi connectivity index (χ4n) is 3.33. The molecule has 0 radical (unpaired) electrons. The van der Waals surface area contributed by atoms with Gasteiger partial charge in [-0.05, 0) is 72.4 Å². The number of pyridine rings is 1. The molecule has 174 valence electrons. The summed E-state index contributed by atoms with van der Waals surface area (Å²) in [6.45, 7) is 8.04. The number of aryl methyl sites for hydroxylation is 1. The van der Waals surface area contributed by atoms with E-state index in [1.54, 1.807) is 12.1 Å². The molecule has 3 aromatic rings. The molecule has 2 aromatic carbocycles. The highest BCUT2D eigenvalue weighted by atomic mass is 19.1. The molecule has 0 aliphatic heterocycles. The first-order valence-corrected chi connectivity index (χ1v) is 11.2. The van der Waals surface area contributed by atoms with Crippen molar-refractivity contribution in [3.05, 3.63) is 114 Å². The summed E-state index contributed by atoms with van der Waals surface area (Å²) in [5.41, 5.74) is 6.40. The van der Waals surface area contributed by atoms with Crippen molar-refractivity contribution in [3.8, 4) is 11.1 Å². The van der Waals surface area contributed by atoms with Crippen LogP contribution in [0, 0.1) is 12.7 Å². The van der Waals surface area contributed by atoms with Crippen molar-refractivity contribution >= 4 is 17.2 Å². The lowest BCUT2D eigenvalue weighted by Gasteiger charge is -2.10. The number of nitrogens with zero attached hydrogens (tertiary/aromatic N) is 1. The fraction of sp³-hybridized carbons (Fsp3) is 0.172. The Balaban J connectivity index is 1.56. The molecule has 0 fully saturated rings. The van der Waals surface area contributed by atoms with E-state index in [2.05, 4.69) is 34.3 Å². The normalized spacial score (nSPS) is 11.4. The highest BCUT2D eigenvalue weighted by molar-refractivity contribution is 5.80. The number of halogens is 1. The number of carbonyl (C=O) groups is 1. The molecule has 2 N–H and O–H groups in total. The number of rotatable bonds is 10. The first-order valence-electron chi connectivity index (χ1n) is 11.2. The molecule has 4 nitrogen and oxygen atoms in total. The van der Waals surface area contributed by atoms with Crippen molar-refractivity contribution in [1.29, 1.82) is 0 Å². The van der Waals surface area contributed by atoms with E-state index in [0.717, 1.165) is 39.9 Å². The summed E-state index contributed by atoms with van der Waals surface area (Å²) in [7, 11) is 0. The summed E-state index contributed by atoms with van der Waals surface area (Å²) >= 11 is 0. The largest absolute Gasteiger partial charge is 0.374 e. The number of benzene rings is 2. The van der Waals surface area contributed by atoms with Crippen LogP contribution in [0.1, 0.15) is 30.2 Å². The third kappa shape index (κ3) is 7.27. The lowest BCUT2D eigenvalue weighted by Crippen LogP contribution is -2.29. The van der Waals surface area contributed by atoms with Crippen LogP contribution in [-0.2, 0) is 11.3 Å². The standard InChI is InChI=1S/C29H30FN3O/c1-4-5-6-7-8-22(3)27-18-25(15-16-31-27)24-12-10-23(11-13-24)19-33-29(34)20-32-28-17-21(2)9-14-26(28)30/h4,6-18,32H,1,5,19-20H2,2-3H3,(H,33,34). The van der Waals surface area contributed by atoms with Crippen LogP contribution in [-0.4, -0.2) is 17.4 Å². The van der Waals surface area contributed by atoms with Gasteiger partial charge in [-0.2, -0.15) is 0 Å². The van der Waals surface area contributed by atoms with E-state index in [9.17, 15) is 9.18 Å². The minimum atomic E-state index is -0.372. The summed E-state index contributed by atoms with van der Waals surface area (Å²) in [4.78, 5) is 16.6. The highest BCUT2D eigenvalue weighted by Crippen LogP contribution is 2.23. The Hall–Kier alpha value is -3.99. The Morgan fingerprint density at radius 2 is 1.88 bits per heavy atom. The third-order valence-corrected chi connectivity index (χ3v) is 5.29. The molecule has 0 aliphatic rings. The molecule has 0 atom stereocenters. The summed E-state index contributed by atoms with van der Waals surface area (Å²) < 4.78 is 13.8. The van der Waals surface area contributed by atoms with Crippen molar-refractivity contribution in [2.45, 2.75) is 26.8 Å². The van der Waals surface area contributed by atoms with Crippen molar-refractivity contribution in [2.24, 2.45) is 0 Å². The first-order chi connectivity index (χ1) is 16.5. The molecule has 1 aromatic heterocycles. The maximum absolute atomic E-state index is 13.8. The molecule has 1 heterocycles. The topological polar surface area (TPSA) is 54.0 Å². The van der Waals surface area contributed by atoms with Gasteiger partial charge in [0.05, 0.1) is 17.9 Å². The number of allylic oxidation sites excluding steroid dienone is 5. The summed E-state index contributed by atoms with van der Waals surface area (Å²) in [6, 6.07) is 16.9.